The van der Waals surface area contributed by atoms with Crippen molar-refractivity contribution >= 4 is 5.69 Å². The lowest BCUT2D eigenvalue weighted by Crippen LogP contribution is -2.33. The van der Waals surface area contributed by atoms with Crippen LogP contribution in [0.2, 0.25) is 0 Å². The fourth-order valence-corrected chi connectivity index (χ4v) is 2.41. The van der Waals surface area contributed by atoms with Crippen LogP contribution in [0.1, 0.15) is 44.3 Å². The number of likely N-dealkylation sites (N-methyl/N-ethyl adjacent to an activating group) is 1. The van der Waals surface area contributed by atoms with Crippen molar-refractivity contribution < 1.29 is 4.74 Å². The van der Waals surface area contributed by atoms with Crippen molar-refractivity contribution in [2.75, 3.05) is 25.1 Å². The van der Waals surface area contributed by atoms with Crippen LogP contribution in [0.4, 0.5) is 5.69 Å². The number of nitrogens with two attached hydrogens (primary N) is 1. The van der Waals surface area contributed by atoms with E-state index in [1.54, 1.807) is 0 Å². The van der Waals surface area contributed by atoms with E-state index in [2.05, 4.69) is 29.9 Å². The van der Waals surface area contributed by atoms with E-state index in [1.807, 2.05) is 12.3 Å². The van der Waals surface area contributed by atoms with E-state index in [-0.39, 0.29) is 6.04 Å². The summed E-state index contributed by atoms with van der Waals surface area (Å²) in [6.07, 6.45) is 6.82. The first-order chi connectivity index (χ1) is 9.20. The van der Waals surface area contributed by atoms with Gasteiger partial charge in [0.15, 0.2) is 0 Å². The maximum Gasteiger partial charge on any atom is 0.0749 e. The average molecular weight is 263 g/mol. The predicted octanol–water partition coefficient (Wildman–Crippen LogP) is 2.50. The van der Waals surface area contributed by atoms with Crippen molar-refractivity contribution in [3.63, 3.8) is 0 Å². The number of ether oxygens (including phenoxy) is 1. The van der Waals surface area contributed by atoms with Gasteiger partial charge >= 0.3 is 0 Å². The van der Waals surface area contributed by atoms with Crippen molar-refractivity contribution in [2.45, 2.75) is 44.8 Å². The third kappa shape index (κ3) is 3.91. The van der Waals surface area contributed by atoms with E-state index in [0.29, 0.717) is 6.10 Å². The molecule has 106 valence electrons. The molecule has 0 radical (unpaired) electrons. The number of pyridine rings is 1. The van der Waals surface area contributed by atoms with Gasteiger partial charge in [0, 0.05) is 26.2 Å². The van der Waals surface area contributed by atoms with E-state index in [0.717, 1.165) is 37.4 Å². The van der Waals surface area contributed by atoms with Gasteiger partial charge in [0.25, 0.3) is 0 Å². The molecule has 1 saturated heterocycles. The van der Waals surface area contributed by atoms with Gasteiger partial charge in [-0.05, 0) is 37.8 Å². The van der Waals surface area contributed by atoms with Crippen LogP contribution >= 0.6 is 0 Å². The monoisotopic (exact) mass is 263 g/mol. The zero-order valence-corrected chi connectivity index (χ0v) is 12.0. The normalized spacial score (nSPS) is 21.1. The molecule has 2 rings (SSSR count). The Balaban J connectivity index is 1.93. The number of anilines is 1. The molecule has 4 nitrogen and oxygen atoms in total. The first-order valence-corrected chi connectivity index (χ1v) is 7.25. The zero-order chi connectivity index (χ0) is 13.7. The van der Waals surface area contributed by atoms with Crippen LogP contribution in [0.15, 0.2) is 18.3 Å². The Hall–Kier alpha value is -1.13. The molecule has 1 aliphatic rings. The van der Waals surface area contributed by atoms with Crippen molar-refractivity contribution in [1.82, 2.24) is 4.98 Å². The number of aromatic nitrogens is 1. The Bertz CT molecular complexity index is 373. The molecule has 4 heteroatoms. The summed E-state index contributed by atoms with van der Waals surface area (Å²) in [4.78, 5) is 6.67. The molecule has 2 heterocycles. The van der Waals surface area contributed by atoms with Crippen molar-refractivity contribution in [2.24, 2.45) is 5.73 Å². The third-order valence-corrected chi connectivity index (χ3v) is 3.78. The minimum absolute atomic E-state index is 0.0426. The molecule has 2 atom stereocenters. The SMILES string of the molecule is CC[C@@H](N)c1ccc(N(C)CC2CCCCO2)cn1. The average Bonchev–Trinajstić information content (AvgIpc) is 2.47. The van der Waals surface area contributed by atoms with Crippen LogP contribution in [-0.4, -0.2) is 31.3 Å². The largest absolute Gasteiger partial charge is 0.376 e. The maximum absolute atomic E-state index is 5.97. The van der Waals surface area contributed by atoms with Gasteiger partial charge in [-0.15, -0.1) is 0 Å². The Labute approximate surface area is 116 Å². The summed E-state index contributed by atoms with van der Waals surface area (Å²) in [6.45, 7) is 3.91. The fraction of sp³-hybridized carbons (Fsp3) is 0.667. The Morgan fingerprint density at radius 2 is 2.32 bits per heavy atom. The molecule has 0 spiro atoms. The van der Waals surface area contributed by atoms with Gasteiger partial charge in [0.1, 0.15) is 0 Å². The van der Waals surface area contributed by atoms with E-state index in [4.69, 9.17) is 10.5 Å². The molecular formula is C15H25N3O. The summed E-state index contributed by atoms with van der Waals surface area (Å²) in [5, 5.41) is 0. The molecule has 2 N–H and O–H groups in total. The molecule has 1 fully saturated rings. The summed E-state index contributed by atoms with van der Waals surface area (Å²) < 4.78 is 5.77. The van der Waals surface area contributed by atoms with Crippen molar-refractivity contribution in [3.8, 4) is 0 Å². The topological polar surface area (TPSA) is 51.4 Å². The zero-order valence-electron chi connectivity index (χ0n) is 12.0. The number of hydrogen-bond donors (Lipinski definition) is 1. The molecule has 0 bridgehead atoms. The van der Waals surface area contributed by atoms with Crippen molar-refractivity contribution in [1.29, 1.82) is 0 Å². The van der Waals surface area contributed by atoms with Crippen LogP contribution in [0, 0.1) is 0 Å². The summed E-state index contributed by atoms with van der Waals surface area (Å²) in [6, 6.07) is 4.17. The van der Waals surface area contributed by atoms with Gasteiger partial charge in [0.2, 0.25) is 0 Å². The highest BCUT2D eigenvalue weighted by Crippen LogP contribution is 2.19. The molecule has 1 aromatic rings. The first kappa shape index (κ1) is 14.3. The number of hydrogen-bond acceptors (Lipinski definition) is 4. The van der Waals surface area contributed by atoms with Crippen LogP contribution in [0.5, 0.6) is 0 Å². The van der Waals surface area contributed by atoms with Crippen LogP contribution in [0.25, 0.3) is 0 Å². The summed E-state index contributed by atoms with van der Waals surface area (Å²) in [5.74, 6) is 0. The number of rotatable bonds is 5. The van der Waals surface area contributed by atoms with E-state index >= 15 is 0 Å². The predicted molar refractivity (Wildman–Crippen MR) is 78.3 cm³/mol. The Morgan fingerprint density at radius 1 is 1.47 bits per heavy atom. The van der Waals surface area contributed by atoms with Crippen LogP contribution in [-0.2, 0) is 4.74 Å². The van der Waals surface area contributed by atoms with E-state index in [1.165, 1.54) is 12.8 Å². The summed E-state index contributed by atoms with van der Waals surface area (Å²) in [5.41, 5.74) is 8.07. The van der Waals surface area contributed by atoms with Gasteiger partial charge in [0.05, 0.1) is 23.7 Å². The second-order valence-corrected chi connectivity index (χ2v) is 5.33. The van der Waals surface area contributed by atoms with E-state index in [9.17, 15) is 0 Å². The van der Waals surface area contributed by atoms with Gasteiger partial charge in [-0.2, -0.15) is 0 Å². The van der Waals surface area contributed by atoms with E-state index < -0.39 is 0 Å². The first-order valence-electron chi connectivity index (χ1n) is 7.25. The standard InChI is InChI=1S/C15H25N3O/c1-3-14(16)15-8-7-12(10-17-15)18(2)11-13-6-4-5-9-19-13/h7-8,10,13-14H,3-6,9,11,16H2,1-2H3/t13?,14-/m1/s1. The molecule has 1 aliphatic heterocycles. The van der Waals surface area contributed by atoms with Gasteiger partial charge < -0.3 is 15.4 Å². The Morgan fingerprint density at radius 3 is 2.89 bits per heavy atom. The maximum atomic E-state index is 5.97. The highest BCUT2D eigenvalue weighted by atomic mass is 16.5. The molecule has 0 amide bonds. The fourth-order valence-electron chi connectivity index (χ4n) is 2.41. The van der Waals surface area contributed by atoms with Gasteiger partial charge in [-0.3, -0.25) is 4.98 Å². The lowest BCUT2D eigenvalue weighted by molar-refractivity contribution is 0.0216. The minimum atomic E-state index is 0.0426. The minimum Gasteiger partial charge on any atom is -0.376 e. The summed E-state index contributed by atoms with van der Waals surface area (Å²) in [7, 11) is 2.09. The summed E-state index contributed by atoms with van der Waals surface area (Å²) >= 11 is 0. The lowest BCUT2D eigenvalue weighted by Gasteiger charge is -2.28. The molecule has 0 aromatic carbocycles. The molecule has 0 aliphatic carbocycles. The lowest BCUT2D eigenvalue weighted by atomic mass is 10.1. The Kier molecular flexibility index (Phi) is 5.16. The van der Waals surface area contributed by atoms with Crippen molar-refractivity contribution in [3.05, 3.63) is 24.0 Å². The molecule has 19 heavy (non-hydrogen) atoms. The third-order valence-electron chi connectivity index (χ3n) is 3.78. The van der Waals surface area contributed by atoms with Gasteiger partial charge in [-0.1, -0.05) is 6.92 Å². The molecule has 1 aromatic heterocycles. The highest BCUT2D eigenvalue weighted by molar-refractivity contribution is 5.44. The molecule has 1 unspecified atom stereocenters. The number of nitrogens with zero attached hydrogens (tertiary/aromatic N) is 2. The molecule has 0 saturated carbocycles. The van der Waals surface area contributed by atoms with Crippen LogP contribution in [0.3, 0.4) is 0 Å². The van der Waals surface area contributed by atoms with Crippen LogP contribution < -0.4 is 10.6 Å². The smallest absolute Gasteiger partial charge is 0.0749 e. The second-order valence-electron chi connectivity index (χ2n) is 5.33. The second kappa shape index (κ2) is 6.87. The quantitative estimate of drug-likeness (QED) is 0.887. The molecular weight excluding hydrogens is 238 g/mol. The highest BCUT2D eigenvalue weighted by Gasteiger charge is 2.16. The van der Waals surface area contributed by atoms with Gasteiger partial charge in [-0.25, -0.2) is 0 Å².